The molecule has 2 heterocycles. The zero-order chi connectivity index (χ0) is 37.8. The number of aromatic nitrogens is 3. The highest BCUT2D eigenvalue weighted by atomic mass is 16.6. The third kappa shape index (κ3) is 4.83. The molecule has 0 saturated heterocycles. The summed E-state index contributed by atoms with van der Waals surface area (Å²) in [6, 6.07) is 52.8. The van der Waals surface area contributed by atoms with E-state index < -0.39 is 0 Å². The molecule has 268 valence electrons. The predicted molar refractivity (Wildman–Crippen MR) is 223 cm³/mol. The van der Waals surface area contributed by atoms with Gasteiger partial charge in [0.2, 0.25) is 0 Å². The summed E-state index contributed by atoms with van der Waals surface area (Å²) in [4.78, 5) is 15.3. The van der Waals surface area contributed by atoms with Crippen molar-refractivity contribution >= 4 is 0 Å². The highest BCUT2D eigenvalue weighted by Crippen LogP contribution is 2.58. The Bertz CT molecular complexity index is 2930. The van der Waals surface area contributed by atoms with Crippen molar-refractivity contribution in [2.45, 2.75) is 38.5 Å². The van der Waals surface area contributed by atoms with Crippen molar-refractivity contribution in [3.05, 3.63) is 174 Å². The smallest absolute Gasteiger partial charge is 0.178 e. The SMILES string of the molecule is CC1(C)c2ccccc2-c2ccc(-c3nc(-c4ccccc4)nc(-c4cccc(-c5ccc6c(c5)Oc5c(ccc7c5-c5ccccc5C7(C)C)O6)c4)n3)cc21. The first-order chi connectivity index (χ1) is 27.2. The molecular formula is C51H37N3O2. The van der Waals surface area contributed by atoms with E-state index in [9.17, 15) is 0 Å². The van der Waals surface area contributed by atoms with E-state index in [0.717, 1.165) is 44.9 Å². The lowest BCUT2D eigenvalue weighted by molar-refractivity contribution is 0.360. The Kier molecular flexibility index (Phi) is 6.88. The van der Waals surface area contributed by atoms with E-state index in [1.54, 1.807) is 0 Å². The van der Waals surface area contributed by atoms with Crippen LogP contribution in [0.5, 0.6) is 23.0 Å². The molecule has 5 heteroatoms. The number of benzene rings is 7. The van der Waals surface area contributed by atoms with Crippen LogP contribution in [0.2, 0.25) is 0 Å². The van der Waals surface area contributed by atoms with Crippen LogP contribution in [-0.2, 0) is 10.8 Å². The van der Waals surface area contributed by atoms with E-state index in [-0.39, 0.29) is 10.8 Å². The quantitative estimate of drug-likeness (QED) is 0.181. The van der Waals surface area contributed by atoms with Gasteiger partial charge in [0, 0.05) is 33.1 Å². The van der Waals surface area contributed by atoms with Gasteiger partial charge in [-0.1, -0.05) is 149 Å². The van der Waals surface area contributed by atoms with E-state index >= 15 is 0 Å². The third-order valence-corrected chi connectivity index (χ3v) is 12.0. The lowest BCUT2D eigenvalue weighted by Crippen LogP contribution is -2.15. The monoisotopic (exact) mass is 723 g/mol. The summed E-state index contributed by atoms with van der Waals surface area (Å²) >= 11 is 0. The summed E-state index contributed by atoms with van der Waals surface area (Å²) in [5.41, 5.74) is 14.6. The van der Waals surface area contributed by atoms with Gasteiger partial charge in [0.1, 0.15) is 0 Å². The van der Waals surface area contributed by atoms with Gasteiger partial charge in [0.05, 0.1) is 0 Å². The van der Waals surface area contributed by atoms with Crippen molar-refractivity contribution in [3.8, 4) is 90.5 Å². The van der Waals surface area contributed by atoms with E-state index in [2.05, 4.69) is 137 Å². The molecule has 5 nitrogen and oxygen atoms in total. The molecule has 1 aromatic heterocycles. The fourth-order valence-corrected chi connectivity index (χ4v) is 9.04. The first kappa shape index (κ1) is 32.6. The molecule has 56 heavy (non-hydrogen) atoms. The normalized spacial score (nSPS) is 14.6. The number of hydrogen-bond donors (Lipinski definition) is 0. The molecule has 11 rings (SSSR count). The molecule has 8 aromatic rings. The average Bonchev–Trinajstić information content (AvgIpc) is 3.62. The van der Waals surface area contributed by atoms with E-state index in [0.29, 0.717) is 29.0 Å². The van der Waals surface area contributed by atoms with Crippen molar-refractivity contribution in [1.29, 1.82) is 0 Å². The Labute approximate surface area is 326 Å². The van der Waals surface area contributed by atoms with E-state index in [1.165, 1.54) is 38.9 Å². The Balaban J connectivity index is 0.984. The minimum atomic E-state index is -0.138. The molecule has 0 atom stereocenters. The van der Waals surface area contributed by atoms with Gasteiger partial charge in [0.15, 0.2) is 40.5 Å². The van der Waals surface area contributed by atoms with Crippen LogP contribution in [0.1, 0.15) is 49.9 Å². The van der Waals surface area contributed by atoms with Gasteiger partial charge >= 0.3 is 0 Å². The van der Waals surface area contributed by atoms with Crippen LogP contribution >= 0.6 is 0 Å². The number of rotatable bonds is 4. The standard InChI is InChI=1S/C51H37N3O2/c1-50(2)39-20-11-9-18-37(39)45-40(50)24-26-43-46(45)56-44-29-32(22-25-42(44)55-43)31-15-12-16-33(27-31)48-52-47(30-13-6-5-7-14-30)53-49(54-48)34-21-23-36-35-17-8-10-19-38(35)51(3,4)41(36)28-34/h5-29H,1-4H3. The van der Waals surface area contributed by atoms with Crippen LogP contribution in [0.3, 0.4) is 0 Å². The number of ether oxygens (including phenoxy) is 2. The van der Waals surface area contributed by atoms with Crippen molar-refractivity contribution in [3.63, 3.8) is 0 Å². The molecule has 0 saturated carbocycles. The third-order valence-electron chi connectivity index (χ3n) is 12.0. The van der Waals surface area contributed by atoms with Gasteiger partial charge in [-0.3, -0.25) is 0 Å². The Hall–Kier alpha value is -6.85. The van der Waals surface area contributed by atoms with Crippen LogP contribution in [0, 0.1) is 0 Å². The average molecular weight is 724 g/mol. The van der Waals surface area contributed by atoms with Crippen molar-refractivity contribution < 1.29 is 9.47 Å². The van der Waals surface area contributed by atoms with Gasteiger partial charge < -0.3 is 9.47 Å². The van der Waals surface area contributed by atoms with Crippen LogP contribution in [0.15, 0.2) is 152 Å². The summed E-state index contributed by atoms with van der Waals surface area (Å²) in [7, 11) is 0. The fraction of sp³-hybridized carbons (Fsp3) is 0.118. The number of hydrogen-bond acceptors (Lipinski definition) is 5. The molecule has 3 aliphatic rings. The molecule has 0 unspecified atom stereocenters. The molecule has 0 N–H and O–H groups in total. The van der Waals surface area contributed by atoms with E-state index in [1.807, 2.05) is 42.5 Å². The largest absolute Gasteiger partial charge is 0.449 e. The second-order valence-electron chi connectivity index (χ2n) is 16.0. The molecule has 1 aliphatic heterocycles. The van der Waals surface area contributed by atoms with Gasteiger partial charge in [-0.15, -0.1) is 0 Å². The summed E-state index contributed by atoms with van der Waals surface area (Å²) in [5, 5.41) is 0. The first-order valence-electron chi connectivity index (χ1n) is 19.2. The summed E-state index contributed by atoms with van der Waals surface area (Å²) in [6.45, 7) is 9.14. The van der Waals surface area contributed by atoms with Gasteiger partial charge in [0.25, 0.3) is 0 Å². The van der Waals surface area contributed by atoms with Gasteiger partial charge in [-0.25, -0.2) is 15.0 Å². The summed E-state index contributed by atoms with van der Waals surface area (Å²) < 4.78 is 13.3. The van der Waals surface area contributed by atoms with Crippen LogP contribution in [0.25, 0.3) is 67.5 Å². The van der Waals surface area contributed by atoms with Crippen molar-refractivity contribution in [1.82, 2.24) is 15.0 Å². The molecule has 0 spiro atoms. The van der Waals surface area contributed by atoms with Crippen molar-refractivity contribution in [2.24, 2.45) is 0 Å². The Morgan fingerprint density at radius 3 is 1.70 bits per heavy atom. The van der Waals surface area contributed by atoms with Crippen LogP contribution in [0.4, 0.5) is 0 Å². The predicted octanol–water partition coefficient (Wildman–Crippen LogP) is 13.1. The maximum absolute atomic E-state index is 6.79. The highest BCUT2D eigenvalue weighted by molar-refractivity contribution is 5.88. The Morgan fingerprint density at radius 2 is 0.911 bits per heavy atom. The summed E-state index contributed by atoms with van der Waals surface area (Å²) in [5.74, 6) is 4.77. The topological polar surface area (TPSA) is 57.1 Å². The molecule has 0 radical (unpaired) electrons. The molecule has 7 aromatic carbocycles. The zero-order valence-corrected chi connectivity index (χ0v) is 31.6. The van der Waals surface area contributed by atoms with E-state index in [4.69, 9.17) is 24.4 Å². The highest BCUT2D eigenvalue weighted by Gasteiger charge is 2.40. The maximum atomic E-state index is 6.79. The number of fused-ring (bicyclic) bond motifs is 9. The first-order valence-corrected chi connectivity index (χ1v) is 19.2. The molecule has 2 aliphatic carbocycles. The summed E-state index contributed by atoms with van der Waals surface area (Å²) in [6.07, 6.45) is 0. The second kappa shape index (κ2) is 11.8. The zero-order valence-electron chi connectivity index (χ0n) is 31.6. The minimum absolute atomic E-state index is 0.134. The molecule has 0 bridgehead atoms. The van der Waals surface area contributed by atoms with Gasteiger partial charge in [-0.2, -0.15) is 0 Å². The minimum Gasteiger partial charge on any atom is -0.449 e. The van der Waals surface area contributed by atoms with Crippen LogP contribution < -0.4 is 9.47 Å². The van der Waals surface area contributed by atoms with Crippen LogP contribution in [-0.4, -0.2) is 15.0 Å². The fourth-order valence-electron chi connectivity index (χ4n) is 9.04. The molecule has 0 fully saturated rings. The lowest BCUT2D eigenvalue weighted by atomic mass is 9.82. The lowest BCUT2D eigenvalue weighted by Gasteiger charge is -2.25. The maximum Gasteiger partial charge on any atom is 0.178 e. The molecule has 0 amide bonds. The number of nitrogens with zero attached hydrogens (tertiary/aromatic N) is 3. The Morgan fingerprint density at radius 1 is 0.357 bits per heavy atom. The molecular weight excluding hydrogens is 687 g/mol. The second-order valence-corrected chi connectivity index (χ2v) is 16.0. The van der Waals surface area contributed by atoms with Crippen molar-refractivity contribution in [2.75, 3.05) is 0 Å². The van der Waals surface area contributed by atoms with Gasteiger partial charge in [-0.05, 0) is 80.4 Å².